The first-order valence-corrected chi connectivity index (χ1v) is 6.23. The Bertz CT molecular complexity index is 539. The lowest BCUT2D eigenvalue weighted by atomic mass is 10.0. The van der Waals surface area contributed by atoms with Crippen molar-refractivity contribution in [2.45, 2.75) is 13.8 Å². The quantitative estimate of drug-likeness (QED) is 0.546. The number of benzene rings is 2. The number of aryl methyl sites for hydroxylation is 1. The van der Waals surface area contributed by atoms with Crippen molar-refractivity contribution in [1.29, 1.82) is 0 Å². The van der Waals surface area contributed by atoms with Gasteiger partial charge in [-0.15, -0.1) is 0 Å². The van der Waals surface area contributed by atoms with E-state index >= 15 is 0 Å². The summed E-state index contributed by atoms with van der Waals surface area (Å²) >= 11 is 0. The Morgan fingerprint density at radius 2 is 1.65 bits per heavy atom. The van der Waals surface area contributed by atoms with Crippen LogP contribution in [0.2, 0.25) is 0 Å². The highest BCUT2D eigenvalue weighted by atomic mass is 28.1. The van der Waals surface area contributed by atoms with E-state index < -0.39 is 0 Å². The fourth-order valence-corrected chi connectivity index (χ4v) is 2.27. The molecule has 0 atom stereocenters. The number of rotatable bonds is 2. The van der Waals surface area contributed by atoms with Crippen molar-refractivity contribution in [2.75, 3.05) is 0 Å². The summed E-state index contributed by atoms with van der Waals surface area (Å²) < 4.78 is 0. The summed E-state index contributed by atoms with van der Waals surface area (Å²) in [5.74, 6) is 0. The van der Waals surface area contributed by atoms with E-state index in [4.69, 9.17) is 0 Å². The van der Waals surface area contributed by atoms with Gasteiger partial charge < -0.3 is 0 Å². The van der Waals surface area contributed by atoms with Gasteiger partial charge in [-0.25, -0.2) is 0 Å². The normalized spacial score (nSPS) is 11.6. The van der Waals surface area contributed by atoms with Gasteiger partial charge in [-0.05, 0) is 36.1 Å². The molecule has 0 saturated heterocycles. The molecule has 0 bridgehead atoms. The summed E-state index contributed by atoms with van der Waals surface area (Å²) in [7, 11) is 3.72. The van der Waals surface area contributed by atoms with Crippen molar-refractivity contribution in [3.63, 3.8) is 0 Å². The first kappa shape index (κ1) is 11.9. The standard InChI is InChI=1S/C16H15Si/c1-12-7-6-10-15(13(12)2)16(17)11-14-8-4-3-5-9-14/h3-11H,1-2H3. The van der Waals surface area contributed by atoms with Gasteiger partial charge in [-0.1, -0.05) is 59.8 Å². The molecule has 0 aromatic heterocycles. The minimum absolute atomic E-state index is 1.12. The Morgan fingerprint density at radius 3 is 2.35 bits per heavy atom. The third-order valence-corrected chi connectivity index (χ3v) is 3.42. The van der Waals surface area contributed by atoms with Gasteiger partial charge in [0.15, 0.2) is 0 Å². The van der Waals surface area contributed by atoms with Gasteiger partial charge in [0.1, 0.15) is 0 Å². The molecule has 0 amide bonds. The van der Waals surface area contributed by atoms with Crippen LogP contribution >= 0.6 is 0 Å². The maximum Gasteiger partial charge on any atom is 0.0720 e. The highest BCUT2D eigenvalue weighted by Gasteiger charge is 2.02. The molecule has 0 fully saturated rings. The SMILES string of the molecule is Cc1cccc(C([Si])=Cc2ccccc2)c1C. The van der Waals surface area contributed by atoms with Crippen LogP contribution in [-0.2, 0) is 0 Å². The molecule has 0 N–H and O–H groups in total. The van der Waals surface area contributed by atoms with Crippen LogP contribution in [0.3, 0.4) is 0 Å². The molecule has 0 saturated carbocycles. The molecule has 17 heavy (non-hydrogen) atoms. The second-order valence-electron chi connectivity index (χ2n) is 4.22. The minimum atomic E-state index is 1.12. The van der Waals surface area contributed by atoms with Crippen LogP contribution in [0.4, 0.5) is 0 Å². The molecular formula is C16H15Si. The summed E-state index contributed by atoms with van der Waals surface area (Å²) in [5.41, 5.74) is 5.10. The van der Waals surface area contributed by atoms with Gasteiger partial charge in [-0.2, -0.15) is 0 Å². The number of hydrogen-bond donors (Lipinski definition) is 0. The predicted molar refractivity (Wildman–Crippen MR) is 76.0 cm³/mol. The zero-order valence-electron chi connectivity index (χ0n) is 10.2. The second kappa shape index (κ2) is 5.15. The maximum atomic E-state index is 3.72. The van der Waals surface area contributed by atoms with Crippen LogP contribution in [0.25, 0.3) is 11.3 Å². The Balaban J connectivity index is 2.41. The summed E-state index contributed by atoms with van der Waals surface area (Å²) in [5, 5.41) is 1.12. The van der Waals surface area contributed by atoms with Crippen LogP contribution < -0.4 is 0 Å². The van der Waals surface area contributed by atoms with Gasteiger partial charge in [-0.3, -0.25) is 0 Å². The van der Waals surface area contributed by atoms with E-state index in [2.05, 4.69) is 72.6 Å². The lowest BCUT2D eigenvalue weighted by Crippen LogP contribution is -1.91. The van der Waals surface area contributed by atoms with Crippen molar-refractivity contribution >= 4 is 21.5 Å². The molecule has 2 rings (SSSR count). The van der Waals surface area contributed by atoms with E-state index in [-0.39, 0.29) is 0 Å². The van der Waals surface area contributed by atoms with Crippen LogP contribution in [0, 0.1) is 13.8 Å². The molecule has 2 aromatic carbocycles. The maximum absolute atomic E-state index is 3.72. The van der Waals surface area contributed by atoms with Crippen LogP contribution in [0.15, 0.2) is 48.5 Å². The Morgan fingerprint density at radius 1 is 0.941 bits per heavy atom. The van der Waals surface area contributed by atoms with Crippen molar-refractivity contribution in [3.8, 4) is 0 Å². The summed E-state index contributed by atoms with van der Waals surface area (Å²) in [4.78, 5) is 0. The van der Waals surface area contributed by atoms with Crippen LogP contribution in [0.5, 0.6) is 0 Å². The third-order valence-electron chi connectivity index (χ3n) is 3.01. The van der Waals surface area contributed by atoms with Gasteiger partial charge in [0.05, 0.1) is 10.2 Å². The molecule has 0 aliphatic carbocycles. The van der Waals surface area contributed by atoms with Crippen molar-refractivity contribution in [2.24, 2.45) is 0 Å². The molecule has 2 aromatic rings. The lowest BCUT2D eigenvalue weighted by molar-refractivity contribution is 1.32. The molecule has 0 heterocycles. The monoisotopic (exact) mass is 235 g/mol. The predicted octanol–water partition coefficient (Wildman–Crippen LogP) is 3.97. The van der Waals surface area contributed by atoms with Crippen molar-refractivity contribution in [3.05, 3.63) is 70.8 Å². The molecular weight excluding hydrogens is 220 g/mol. The summed E-state index contributed by atoms with van der Waals surface area (Å²) in [6, 6.07) is 16.7. The molecule has 3 radical (unpaired) electrons. The third kappa shape index (κ3) is 2.74. The largest absolute Gasteiger partial charge is 0.0720 e. The average Bonchev–Trinajstić information content (AvgIpc) is 2.34. The van der Waals surface area contributed by atoms with E-state index in [1.165, 1.54) is 22.3 Å². The Labute approximate surface area is 106 Å². The van der Waals surface area contributed by atoms with Gasteiger partial charge >= 0.3 is 0 Å². The Hall–Kier alpha value is -1.60. The molecule has 1 heteroatoms. The fraction of sp³-hybridized carbons (Fsp3) is 0.125. The second-order valence-corrected chi connectivity index (χ2v) is 4.75. The first-order valence-electron chi connectivity index (χ1n) is 5.73. The molecule has 0 spiro atoms. The van der Waals surface area contributed by atoms with Crippen molar-refractivity contribution < 1.29 is 0 Å². The fourth-order valence-electron chi connectivity index (χ4n) is 1.84. The highest BCUT2D eigenvalue weighted by molar-refractivity contribution is 6.45. The minimum Gasteiger partial charge on any atom is -0.0622 e. The zero-order chi connectivity index (χ0) is 12.3. The van der Waals surface area contributed by atoms with Gasteiger partial charge in [0.25, 0.3) is 0 Å². The van der Waals surface area contributed by atoms with E-state index in [0.29, 0.717) is 0 Å². The molecule has 83 valence electrons. The first-order chi connectivity index (χ1) is 8.18. The Kier molecular flexibility index (Phi) is 3.60. The van der Waals surface area contributed by atoms with Crippen molar-refractivity contribution in [1.82, 2.24) is 0 Å². The molecule has 0 aliphatic rings. The van der Waals surface area contributed by atoms with Gasteiger partial charge in [0, 0.05) is 0 Å². The topological polar surface area (TPSA) is 0 Å². The molecule has 0 aliphatic heterocycles. The number of hydrogen-bond acceptors (Lipinski definition) is 0. The smallest absolute Gasteiger partial charge is 0.0622 e. The van der Waals surface area contributed by atoms with Crippen LogP contribution in [0.1, 0.15) is 22.3 Å². The van der Waals surface area contributed by atoms with Gasteiger partial charge in [0.2, 0.25) is 0 Å². The van der Waals surface area contributed by atoms with E-state index in [1.807, 2.05) is 6.07 Å². The van der Waals surface area contributed by atoms with Crippen LogP contribution in [-0.4, -0.2) is 10.2 Å². The van der Waals surface area contributed by atoms with E-state index in [0.717, 1.165) is 5.20 Å². The molecule has 0 nitrogen and oxygen atoms in total. The lowest BCUT2D eigenvalue weighted by Gasteiger charge is -2.09. The average molecular weight is 235 g/mol. The molecule has 0 unspecified atom stereocenters. The van der Waals surface area contributed by atoms with E-state index in [1.54, 1.807) is 0 Å². The zero-order valence-corrected chi connectivity index (χ0v) is 11.2. The highest BCUT2D eigenvalue weighted by Crippen LogP contribution is 2.21. The summed E-state index contributed by atoms with van der Waals surface area (Å²) in [6.45, 7) is 4.30. The summed E-state index contributed by atoms with van der Waals surface area (Å²) in [6.07, 6.45) is 2.15. The van der Waals surface area contributed by atoms with E-state index in [9.17, 15) is 0 Å².